The average molecular weight is 256 g/mol. The Balaban J connectivity index is 2.42. The molecule has 0 heterocycles. The molecule has 1 aliphatic rings. The van der Waals surface area contributed by atoms with Gasteiger partial charge in [-0.1, -0.05) is 20.3 Å². The van der Waals surface area contributed by atoms with Crippen LogP contribution < -0.4 is 5.32 Å². The number of hydrogen-bond acceptors (Lipinski definition) is 2. The molecule has 0 saturated heterocycles. The second-order valence-corrected chi connectivity index (χ2v) is 5.28. The Kier molecular flexibility index (Phi) is 4.99. The second kappa shape index (κ2) is 6.07. The zero-order valence-corrected chi connectivity index (χ0v) is 11.5. The van der Waals surface area contributed by atoms with Gasteiger partial charge < -0.3 is 15.3 Å². The Bertz CT molecular complexity index is 313. The van der Waals surface area contributed by atoms with Gasteiger partial charge in [-0.2, -0.15) is 0 Å². The normalized spacial score (nSPS) is 17.9. The maximum atomic E-state index is 11.9. The highest BCUT2D eigenvalue weighted by molar-refractivity contribution is 5.82. The lowest BCUT2D eigenvalue weighted by atomic mass is 10.0. The molecule has 0 aliphatic heterocycles. The number of nitrogens with zero attached hydrogens (tertiary/aromatic N) is 1. The molecule has 1 rings (SSSR count). The Morgan fingerprint density at radius 3 is 2.39 bits per heavy atom. The molecule has 1 saturated carbocycles. The highest BCUT2D eigenvalue weighted by Crippen LogP contribution is 2.48. The summed E-state index contributed by atoms with van der Waals surface area (Å²) in [7, 11) is 1.54. The lowest BCUT2D eigenvalue weighted by molar-refractivity contribution is -0.141. The number of likely N-dealkylation sites (N-methyl/N-ethyl adjacent to an activating group) is 1. The minimum atomic E-state index is -0.954. The summed E-state index contributed by atoms with van der Waals surface area (Å²) in [5.74, 6) is -0.954. The van der Waals surface area contributed by atoms with Crippen molar-refractivity contribution in [3.05, 3.63) is 0 Å². The molecule has 2 amide bonds. The van der Waals surface area contributed by atoms with Crippen LogP contribution in [0.1, 0.15) is 46.0 Å². The first-order valence-electron chi connectivity index (χ1n) is 6.69. The maximum Gasteiger partial charge on any atom is 0.326 e. The number of carbonyl (C=O) groups excluding carboxylic acids is 1. The molecular weight excluding hydrogens is 232 g/mol. The van der Waals surface area contributed by atoms with E-state index >= 15 is 0 Å². The molecule has 18 heavy (non-hydrogen) atoms. The Morgan fingerprint density at radius 2 is 2.00 bits per heavy atom. The smallest absolute Gasteiger partial charge is 0.326 e. The van der Waals surface area contributed by atoms with Gasteiger partial charge in [-0.25, -0.2) is 9.59 Å². The van der Waals surface area contributed by atoms with E-state index in [0.29, 0.717) is 13.0 Å². The third-order valence-corrected chi connectivity index (χ3v) is 3.81. The molecule has 1 fully saturated rings. The van der Waals surface area contributed by atoms with E-state index in [-0.39, 0.29) is 11.4 Å². The van der Waals surface area contributed by atoms with E-state index in [1.165, 1.54) is 24.8 Å². The third-order valence-electron chi connectivity index (χ3n) is 3.81. The van der Waals surface area contributed by atoms with E-state index in [1.54, 1.807) is 6.92 Å². The van der Waals surface area contributed by atoms with Crippen molar-refractivity contribution in [2.75, 3.05) is 13.6 Å². The van der Waals surface area contributed by atoms with E-state index in [1.807, 2.05) is 0 Å². The number of rotatable bonds is 7. The predicted octanol–water partition coefficient (Wildman–Crippen LogP) is 2.07. The largest absolute Gasteiger partial charge is 0.480 e. The molecule has 1 atom stereocenters. The van der Waals surface area contributed by atoms with Gasteiger partial charge in [0.1, 0.15) is 6.04 Å². The number of amides is 2. The Morgan fingerprint density at radius 1 is 1.39 bits per heavy atom. The first-order chi connectivity index (χ1) is 8.45. The number of carboxylic acids is 1. The zero-order valence-electron chi connectivity index (χ0n) is 11.5. The summed E-state index contributed by atoms with van der Waals surface area (Å²) in [5.41, 5.74) is 0.288. The SMILES string of the molecule is CCCC1(CNC(=O)N(C)C(CC)C(=O)O)CC1. The van der Waals surface area contributed by atoms with Gasteiger partial charge in [-0.15, -0.1) is 0 Å². The summed E-state index contributed by atoms with van der Waals surface area (Å²) in [6.45, 7) is 4.58. The van der Waals surface area contributed by atoms with Crippen molar-refractivity contribution in [1.82, 2.24) is 10.2 Å². The molecule has 104 valence electrons. The molecule has 0 aromatic heterocycles. The lowest BCUT2D eigenvalue weighted by Crippen LogP contribution is -2.48. The van der Waals surface area contributed by atoms with Crippen LogP contribution in [0.4, 0.5) is 4.79 Å². The van der Waals surface area contributed by atoms with Crippen LogP contribution in [-0.4, -0.2) is 41.6 Å². The van der Waals surface area contributed by atoms with Gasteiger partial charge in [-0.05, 0) is 31.1 Å². The fourth-order valence-electron chi connectivity index (χ4n) is 2.37. The van der Waals surface area contributed by atoms with Crippen molar-refractivity contribution in [1.29, 1.82) is 0 Å². The summed E-state index contributed by atoms with van der Waals surface area (Å²) in [5, 5.41) is 11.9. The van der Waals surface area contributed by atoms with Crippen molar-refractivity contribution < 1.29 is 14.7 Å². The first kappa shape index (κ1) is 14.8. The van der Waals surface area contributed by atoms with E-state index in [2.05, 4.69) is 12.2 Å². The van der Waals surface area contributed by atoms with Crippen LogP contribution in [0.3, 0.4) is 0 Å². The number of urea groups is 1. The van der Waals surface area contributed by atoms with Gasteiger partial charge in [0.05, 0.1) is 0 Å². The third kappa shape index (κ3) is 3.62. The van der Waals surface area contributed by atoms with Gasteiger partial charge in [0.25, 0.3) is 0 Å². The van der Waals surface area contributed by atoms with Gasteiger partial charge in [0.2, 0.25) is 0 Å². The van der Waals surface area contributed by atoms with Crippen molar-refractivity contribution in [3.8, 4) is 0 Å². The van der Waals surface area contributed by atoms with Crippen LogP contribution in [0.5, 0.6) is 0 Å². The number of hydrogen-bond donors (Lipinski definition) is 2. The summed E-state index contributed by atoms with van der Waals surface area (Å²) in [6, 6.07) is -1.03. The monoisotopic (exact) mass is 256 g/mol. The second-order valence-electron chi connectivity index (χ2n) is 5.28. The van der Waals surface area contributed by atoms with Crippen molar-refractivity contribution in [2.45, 2.75) is 52.0 Å². The van der Waals surface area contributed by atoms with E-state index < -0.39 is 12.0 Å². The summed E-state index contributed by atoms with van der Waals surface area (Å²) >= 11 is 0. The van der Waals surface area contributed by atoms with Crippen LogP contribution in [0.2, 0.25) is 0 Å². The average Bonchev–Trinajstić information content (AvgIpc) is 3.07. The molecule has 2 N–H and O–H groups in total. The summed E-state index contributed by atoms with van der Waals surface area (Å²) in [6.07, 6.45) is 5.01. The highest BCUT2D eigenvalue weighted by atomic mass is 16.4. The number of nitrogens with one attached hydrogen (secondary N) is 1. The van der Waals surface area contributed by atoms with Gasteiger partial charge >= 0.3 is 12.0 Å². The van der Waals surface area contributed by atoms with Crippen LogP contribution in [0.15, 0.2) is 0 Å². The summed E-state index contributed by atoms with van der Waals surface area (Å²) < 4.78 is 0. The fraction of sp³-hybridized carbons (Fsp3) is 0.846. The topological polar surface area (TPSA) is 69.6 Å². The summed E-state index contributed by atoms with van der Waals surface area (Å²) in [4.78, 5) is 24.1. The van der Waals surface area contributed by atoms with E-state index in [0.717, 1.165) is 12.8 Å². The van der Waals surface area contributed by atoms with Crippen LogP contribution in [-0.2, 0) is 4.79 Å². The molecule has 0 bridgehead atoms. The molecule has 1 unspecified atom stereocenters. The Labute approximate surface area is 109 Å². The van der Waals surface area contributed by atoms with E-state index in [9.17, 15) is 9.59 Å². The minimum Gasteiger partial charge on any atom is -0.480 e. The minimum absolute atomic E-state index is 0.286. The predicted molar refractivity (Wildman–Crippen MR) is 69.5 cm³/mol. The molecule has 0 radical (unpaired) electrons. The van der Waals surface area contributed by atoms with E-state index in [4.69, 9.17) is 5.11 Å². The molecule has 1 aliphatic carbocycles. The van der Waals surface area contributed by atoms with Gasteiger partial charge in [0.15, 0.2) is 0 Å². The fourth-order valence-corrected chi connectivity index (χ4v) is 2.37. The number of carboxylic acid groups (broad SMARTS) is 1. The van der Waals surface area contributed by atoms with Crippen LogP contribution in [0, 0.1) is 5.41 Å². The molecular formula is C13H24N2O3. The van der Waals surface area contributed by atoms with Crippen molar-refractivity contribution in [2.24, 2.45) is 5.41 Å². The molecule has 5 nitrogen and oxygen atoms in total. The van der Waals surface area contributed by atoms with Gasteiger partial charge in [0, 0.05) is 13.6 Å². The molecule has 5 heteroatoms. The van der Waals surface area contributed by atoms with Crippen molar-refractivity contribution in [3.63, 3.8) is 0 Å². The first-order valence-corrected chi connectivity index (χ1v) is 6.69. The Hall–Kier alpha value is -1.26. The maximum absolute atomic E-state index is 11.9. The van der Waals surface area contributed by atoms with Crippen LogP contribution >= 0.6 is 0 Å². The standard InChI is InChI=1S/C13H24N2O3/c1-4-6-13(7-8-13)9-14-12(18)15(3)10(5-2)11(16)17/h10H,4-9H2,1-3H3,(H,14,18)(H,16,17). The van der Waals surface area contributed by atoms with Crippen molar-refractivity contribution >= 4 is 12.0 Å². The number of carbonyl (C=O) groups is 2. The molecule has 0 spiro atoms. The highest BCUT2D eigenvalue weighted by Gasteiger charge is 2.41. The van der Waals surface area contributed by atoms with Crippen LogP contribution in [0.25, 0.3) is 0 Å². The quantitative estimate of drug-likeness (QED) is 0.732. The zero-order chi connectivity index (χ0) is 13.8. The molecule has 0 aromatic rings. The van der Waals surface area contributed by atoms with Gasteiger partial charge in [-0.3, -0.25) is 0 Å². The lowest BCUT2D eigenvalue weighted by Gasteiger charge is -2.25. The molecule has 0 aromatic carbocycles. The number of aliphatic carboxylic acids is 1.